The van der Waals surface area contributed by atoms with Gasteiger partial charge in [0.25, 0.3) is 11.8 Å². The average molecular weight is 548 g/mol. The minimum Gasteiger partial charge on any atom is -0.350 e. The highest BCUT2D eigenvalue weighted by Gasteiger charge is 2.36. The van der Waals surface area contributed by atoms with Crippen LogP contribution in [0.15, 0.2) is 48.5 Å². The van der Waals surface area contributed by atoms with Gasteiger partial charge in [0.1, 0.15) is 5.69 Å². The second-order valence-electron chi connectivity index (χ2n) is 9.45. The van der Waals surface area contributed by atoms with Crippen LogP contribution in [0.25, 0.3) is 10.4 Å². The lowest BCUT2D eigenvalue weighted by atomic mass is 10.0. The Hall–Kier alpha value is -2.91. The molecule has 0 radical (unpaired) electrons. The molecule has 1 saturated heterocycles. The van der Waals surface area contributed by atoms with Gasteiger partial charge in [-0.3, -0.25) is 9.59 Å². The van der Waals surface area contributed by atoms with Crippen molar-refractivity contribution in [3.8, 4) is 10.4 Å². The van der Waals surface area contributed by atoms with E-state index in [2.05, 4.69) is 10.3 Å². The average Bonchev–Trinajstić information content (AvgIpc) is 3.64. The maximum Gasteiger partial charge on any atom is 0.416 e. The number of alkyl halides is 3. The highest BCUT2D eigenvalue weighted by Crippen LogP contribution is 2.45. The Kier molecular flexibility index (Phi) is 7.27. The van der Waals surface area contributed by atoms with Gasteiger partial charge in [-0.2, -0.15) is 13.2 Å². The van der Waals surface area contributed by atoms with E-state index in [0.29, 0.717) is 34.0 Å². The van der Waals surface area contributed by atoms with Gasteiger partial charge >= 0.3 is 6.18 Å². The van der Waals surface area contributed by atoms with E-state index >= 15 is 0 Å². The van der Waals surface area contributed by atoms with Gasteiger partial charge in [-0.15, -0.1) is 11.3 Å². The number of rotatable bonds is 6. The fourth-order valence-corrected chi connectivity index (χ4v) is 5.99. The van der Waals surface area contributed by atoms with Crippen LogP contribution in [-0.2, 0) is 6.18 Å². The van der Waals surface area contributed by atoms with E-state index in [9.17, 15) is 22.8 Å². The molecule has 0 spiro atoms. The van der Waals surface area contributed by atoms with E-state index in [1.165, 1.54) is 17.4 Å². The van der Waals surface area contributed by atoms with Crippen LogP contribution in [0.1, 0.15) is 69.4 Å². The molecule has 5 rings (SSSR count). The molecule has 2 fully saturated rings. The van der Waals surface area contributed by atoms with E-state index in [-0.39, 0.29) is 36.0 Å². The monoisotopic (exact) mass is 547 g/mol. The minimum atomic E-state index is -4.48. The summed E-state index contributed by atoms with van der Waals surface area (Å²) in [7, 11) is 0. The Morgan fingerprint density at radius 3 is 2.59 bits per heavy atom. The first-order valence-electron chi connectivity index (χ1n) is 12.2. The summed E-state index contributed by atoms with van der Waals surface area (Å²) in [6.07, 6.45) is -0.130. The van der Waals surface area contributed by atoms with Gasteiger partial charge in [0.05, 0.1) is 15.4 Å². The third-order valence-corrected chi connectivity index (χ3v) is 8.20. The van der Waals surface area contributed by atoms with E-state index in [0.717, 1.165) is 42.8 Å². The number of nitrogens with zero attached hydrogens (tertiary/aromatic N) is 2. The van der Waals surface area contributed by atoms with Gasteiger partial charge in [0.2, 0.25) is 0 Å². The van der Waals surface area contributed by atoms with E-state index in [1.54, 1.807) is 35.2 Å². The van der Waals surface area contributed by atoms with Crippen LogP contribution >= 0.6 is 22.9 Å². The molecule has 2 amide bonds. The summed E-state index contributed by atoms with van der Waals surface area (Å²) in [6, 6.07) is 11.4. The SMILES string of the molecule is O=C(NCC1CCCCN1C(=O)c1nc(C2CC2)sc1-c1cccc(C(F)(F)F)c1)c1cccc(Cl)c1. The lowest BCUT2D eigenvalue weighted by Gasteiger charge is -2.35. The molecule has 3 aromatic rings. The predicted molar refractivity (Wildman–Crippen MR) is 137 cm³/mol. The van der Waals surface area contributed by atoms with Gasteiger partial charge in [-0.05, 0) is 68.0 Å². The molecule has 1 saturated carbocycles. The fraction of sp³-hybridized carbons (Fsp3) is 0.370. The van der Waals surface area contributed by atoms with Gasteiger partial charge in [0, 0.05) is 35.6 Å². The number of likely N-dealkylation sites (tertiary alicyclic amines) is 1. The minimum absolute atomic E-state index is 0.194. The Labute approximate surface area is 221 Å². The highest BCUT2D eigenvalue weighted by molar-refractivity contribution is 7.15. The molecule has 2 heterocycles. The van der Waals surface area contributed by atoms with Gasteiger partial charge < -0.3 is 10.2 Å². The number of hydrogen-bond acceptors (Lipinski definition) is 4. The molecule has 1 N–H and O–H groups in total. The third-order valence-electron chi connectivity index (χ3n) is 6.70. The van der Waals surface area contributed by atoms with E-state index in [1.807, 2.05) is 0 Å². The van der Waals surface area contributed by atoms with Crippen LogP contribution in [0.2, 0.25) is 5.02 Å². The topological polar surface area (TPSA) is 62.3 Å². The largest absolute Gasteiger partial charge is 0.416 e. The lowest BCUT2D eigenvalue weighted by molar-refractivity contribution is -0.137. The molecule has 1 unspecified atom stereocenters. The smallest absolute Gasteiger partial charge is 0.350 e. The number of nitrogens with one attached hydrogen (secondary N) is 1. The van der Waals surface area contributed by atoms with Crippen molar-refractivity contribution in [2.24, 2.45) is 0 Å². The molecule has 37 heavy (non-hydrogen) atoms. The Bertz CT molecular complexity index is 1320. The van der Waals surface area contributed by atoms with Crippen molar-refractivity contribution < 1.29 is 22.8 Å². The van der Waals surface area contributed by atoms with E-state index in [4.69, 9.17) is 11.6 Å². The molecule has 1 aromatic heterocycles. The predicted octanol–water partition coefficient (Wildman–Crippen LogP) is 6.78. The fourth-order valence-electron chi connectivity index (χ4n) is 4.58. The normalized spacial score (nSPS) is 18.1. The zero-order chi connectivity index (χ0) is 26.2. The van der Waals surface area contributed by atoms with Crippen LogP contribution in [0.4, 0.5) is 13.2 Å². The number of carbonyl (C=O) groups excluding carboxylic acids is 2. The van der Waals surface area contributed by atoms with Crippen molar-refractivity contribution in [2.45, 2.75) is 50.2 Å². The molecular formula is C27H25ClF3N3O2S. The number of halogens is 4. The summed E-state index contributed by atoms with van der Waals surface area (Å²) in [4.78, 5) is 33.3. The second-order valence-corrected chi connectivity index (χ2v) is 10.9. The molecular weight excluding hydrogens is 523 g/mol. The standard InChI is InChI=1S/C27H25ClF3N3O2S/c28-20-8-4-6-18(14-20)24(35)32-15-21-9-1-2-12-34(21)26(36)22-23(37-25(33-22)16-10-11-16)17-5-3-7-19(13-17)27(29,30)31/h3-8,13-14,16,21H,1-2,9-12,15H2,(H,32,35). The maximum absolute atomic E-state index is 13.8. The van der Waals surface area contributed by atoms with Crippen LogP contribution in [0, 0.1) is 0 Å². The molecule has 2 aromatic carbocycles. The van der Waals surface area contributed by atoms with Crippen molar-refractivity contribution in [1.29, 1.82) is 0 Å². The van der Waals surface area contributed by atoms with Gasteiger partial charge in [-0.1, -0.05) is 29.8 Å². The summed E-state index contributed by atoms with van der Waals surface area (Å²) >= 11 is 7.30. The molecule has 0 bridgehead atoms. The Morgan fingerprint density at radius 2 is 1.86 bits per heavy atom. The molecule has 2 aliphatic rings. The number of thiazole rings is 1. The Morgan fingerprint density at radius 1 is 1.08 bits per heavy atom. The quantitative estimate of drug-likeness (QED) is 0.370. The molecule has 5 nitrogen and oxygen atoms in total. The number of piperidine rings is 1. The second kappa shape index (κ2) is 10.5. The van der Waals surface area contributed by atoms with E-state index < -0.39 is 11.7 Å². The first kappa shape index (κ1) is 25.7. The zero-order valence-corrected chi connectivity index (χ0v) is 21.4. The lowest BCUT2D eigenvalue weighted by Crippen LogP contribution is -2.49. The van der Waals surface area contributed by atoms with Crippen LogP contribution < -0.4 is 5.32 Å². The van der Waals surface area contributed by atoms with Crippen molar-refractivity contribution in [2.75, 3.05) is 13.1 Å². The summed E-state index contributed by atoms with van der Waals surface area (Å²) in [5.74, 6) is -0.336. The van der Waals surface area contributed by atoms with Gasteiger partial charge in [0.15, 0.2) is 0 Å². The van der Waals surface area contributed by atoms with Crippen LogP contribution in [0.3, 0.4) is 0 Å². The van der Waals surface area contributed by atoms with Crippen molar-refractivity contribution in [1.82, 2.24) is 15.2 Å². The highest BCUT2D eigenvalue weighted by atomic mass is 35.5. The van der Waals surface area contributed by atoms with Gasteiger partial charge in [-0.25, -0.2) is 4.98 Å². The first-order valence-corrected chi connectivity index (χ1v) is 13.4. The molecule has 1 aliphatic heterocycles. The summed E-state index contributed by atoms with van der Waals surface area (Å²) in [5.41, 5.74) is 0.204. The summed E-state index contributed by atoms with van der Waals surface area (Å²) in [5, 5.41) is 4.15. The number of benzene rings is 2. The van der Waals surface area contributed by atoms with Crippen molar-refractivity contribution in [3.63, 3.8) is 0 Å². The number of amides is 2. The molecule has 1 atom stereocenters. The zero-order valence-electron chi connectivity index (χ0n) is 19.9. The number of carbonyl (C=O) groups is 2. The first-order chi connectivity index (χ1) is 17.7. The summed E-state index contributed by atoms with van der Waals surface area (Å²) < 4.78 is 40.2. The summed E-state index contributed by atoms with van der Waals surface area (Å²) in [6.45, 7) is 0.754. The van der Waals surface area contributed by atoms with Crippen LogP contribution in [0.5, 0.6) is 0 Å². The molecule has 194 valence electrons. The molecule has 10 heteroatoms. The van der Waals surface area contributed by atoms with Crippen molar-refractivity contribution >= 4 is 34.8 Å². The number of hydrogen-bond donors (Lipinski definition) is 1. The number of aromatic nitrogens is 1. The third kappa shape index (κ3) is 5.83. The maximum atomic E-state index is 13.8. The molecule has 1 aliphatic carbocycles. The van der Waals surface area contributed by atoms with Crippen LogP contribution in [-0.4, -0.2) is 40.8 Å². The van der Waals surface area contributed by atoms with Crippen molar-refractivity contribution in [3.05, 3.63) is 75.4 Å². The Balaban J connectivity index is 1.40.